The third-order valence-corrected chi connectivity index (χ3v) is 9.08. The number of ether oxygens (including phenoxy) is 1. The van der Waals surface area contributed by atoms with Crippen molar-refractivity contribution in [2.24, 2.45) is 28.1 Å². The van der Waals surface area contributed by atoms with Crippen LogP contribution in [0.4, 0.5) is 0 Å². The summed E-state index contributed by atoms with van der Waals surface area (Å²) in [6.45, 7) is 9.30. The minimum absolute atomic E-state index is 0.152. The summed E-state index contributed by atoms with van der Waals surface area (Å²) in [7, 11) is 0. The highest BCUT2D eigenvalue weighted by atomic mass is 16.6. The molecule has 8 atom stereocenters. The van der Waals surface area contributed by atoms with Crippen molar-refractivity contribution >= 4 is 11.8 Å². The van der Waals surface area contributed by atoms with Crippen LogP contribution in [0.5, 0.6) is 0 Å². The van der Waals surface area contributed by atoms with Crippen LogP contribution in [-0.2, 0) is 9.53 Å². The van der Waals surface area contributed by atoms with E-state index in [0.29, 0.717) is 18.4 Å². The second kappa shape index (κ2) is 7.76. The normalized spacial score (nSPS) is 45.3. The molecule has 180 valence electrons. The standard InChI is InChI=1S/C27H36O6/c1-16-15-27(33-22(31)17-9-7-6-8-10-17)19(20(16)29)21(30)25(4)12-11-18(28)24(2,3)13-14-26(25,5)23(27)32/h6-10,13-14,16,18-21,28-30H,11-12,15H2,1-5H3/b14-13+/t16-,18+,19-,20+,21-,25+,26-,27-/m1/s1. The van der Waals surface area contributed by atoms with Crippen LogP contribution in [-0.4, -0.2) is 51.0 Å². The summed E-state index contributed by atoms with van der Waals surface area (Å²) in [6.07, 6.45) is 1.86. The highest BCUT2D eigenvalue weighted by Gasteiger charge is 2.74. The third kappa shape index (κ3) is 3.33. The predicted octanol–water partition coefficient (Wildman–Crippen LogP) is 3.29. The summed E-state index contributed by atoms with van der Waals surface area (Å²) in [6, 6.07) is 8.48. The van der Waals surface area contributed by atoms with Crippen LogP contribution >= 0.6 is 0 Å². The summed E-state index contributed by atoms with van der Waals surface area (Å²) < 4.78 is 6.03. The number of Topliss-reactive ketones (excluding diaryl/α,β-unsaturated/α-hetero) is 1. The van der Waals surface area contributed by atoms with E-state index >= 15 is 0 Å². The van der Waals surface area contributed by atoms with Gasteiger partial charge in [0.2, 0.25) is 0 Å². The van der Waals surface area contributed by atoms with Gasteiger partial charge < -0.3 is 20.1 Å². The van der Waals surface area contributed by atoms with Gasteiger partial charge in [-0.3, -0.25) is 4.79 Å². The van der Waals surface area contributed by atoms with Gasteiger partial charge >= 0.3 is 5.97 Å². The molecule has 0 heterocycles. The molecule has 0 radical (unpaired) electrons. The van der Waals surface area contributed by atoms with Gasteiger partial charge in [-0.05, 0) is 37.8 Å². The topological polar surface area (TPSA) is 104 Å². The minimum atomic E-state index is -1.63. The summed E-state index contributed by atoms with van der Waals surface area (Å²) in [5.41, 5.74) is -3.97. The lowest BCUT2D eigenvalue weighted by atomic mass is 9.47. The van der Waals surface area contributed by atoms with E-state index in [1.54, 1.807) is 43.3 Å². The fourth-order valence-electron chi connectivity index (χ4n) is 6.38. The number of carbonyl (C=O) groups excluding carboxylic acids is 2. The van der Waals surface area contributed by atoms with E-state index in [-0.39, 0.29) is 18.1 Å². The van der Waals surface area contributed by atoms with E-state index in [4.69, 9.17) is 4.74 Å². The van der Waals surface area contributed by atoms with Crippen molar-refractivity contribution in [1.29, 1.82) is 0 Å². The van der Waals surface area contributed by atoms with Crippen LogP contribution in [0.25, 0.3) is 0 Å². The van der Waals surface area contributed by atoms with Crippen molar-refractivity contribution in [2.45, 2.75) is 77.8 Å². The van der Waals surface area contributed by atoms with Crippen molar-refractivity contribution in [3.8, 4) is 0 Å². The molecule has 0 aromatic heterocycles. The van der Waals surface area contributed by atoms with Crippen molar-refractivity contribution in [3.63, 3.8) is 0 Å². The molecule has 3 aliphatic carbocycles. The lowest BCUT2D eigenvalue weighted by Gasteiger charge is -2.59. The molecule has 2 saturated carbocycles. The van der Waals surface area contributed by atoms with Crippen LogP contribution in [0.15, 0.2) is 42.5 Å². The number of aliphatic hydroxyl groups excluding tert-OH is 3. The summed E-state index contributed by atoms with van der Waals surface area (Å²) in [5, 5.41) is 33.6. The van der Waals surface area contributed by atoms with Crippen LogP contribution in [0.3, 0.4) is 0 Å². The maximum Gasteiger partial charge on any atom is 0.339 e. The zero-order valence-corrected chi connectivity index (χ0v) is 20.1. The van der Waals surface area contributed by atoms with Crippen LogP contribution in [0.2, 0.25) is 0 Å². The molecule has 3 aliphatic rings. The summed E-state index contributed by atoms with van der Waals surface area (Å²) >= 11 is 0. The average Bonchev–Trinajstić information content (AvgIpc) is 3.04. The quantitative estimate of drug-likeness (QED) is 0.466. The van der Waals surface area contributed by atoms with Gasteiger partial charge in [-0.15, -0.1) is 0 Å². The number of allylic oxidation sites excluding steroid dienone is 1. The Kier molecular flexibility index (Phi) is 5.67. The lowest BCUT2D eigenvalue weighted by Crippen LogP contribution is -2.70. The van der Waals surface area contributed by atoms with Crippen LogP contribution in [0, 0.1) is 28.1 Å². The van der Waals surface area contributed by atoms with E-state index < -0.39 is 52.0 Å². The van der Waals surface area contributed by atoms with Gasteiger partial charge in [-0.2, -0.15) is 0 Å². The van der Waals surface area contributed by atoms with E-state index in [0.717, 1.165) is 0 Å². The number of esters is 1. The molecule has 6 nitrogen and oxygen atoms in total. The summed E-state index contributed by atoms with van der Waals surface area (Å²) in [5.74, 6) is -2.20. The number of rotatable bonds is 2. The van der Waals surface area contributed by atoms with Crippen molar-refractivity contribution < 1.29 is 29.6 Å². The van der Waals surface area contributed by atoms with Crippen molar-refractivity contribution in [1.82, 2.24) is 0 Å². The molecule has 0 spiro atoms. The van der Waals surface area contributed by atoms with Crippen LogP contribution < -0.4 is 0 Å². The molecule has 1 aromatic carbocycles. The first-order chi connectivity index (χ1) is 15.3. The van der Waals surface area contributed by atoms with Gasteiger partial charge in [0.05, 0.1) is 35.2 Å². The average molecular weight is 457 g/mol. The molecule has 0 aliphatic heterocycles. The smallest absolute Gasteiger partial charge is 0.339 e. The van der Waals surface area contributed by atoms with E-state index in [9.17, 15) is 24.9 Å². The Morgan fingerprint density at radius 1 is 1.03 bits per heavy atom. The molecule has 33 heavy (non-hydrogen) atoms. The fraction of sp³-hybridized carbons (Fsp3) is 0.630. The zero-order chi connectivity index (χ0) is 24.4. The van der Waals surface area contributed by atoms with Gasteiger partial charge in [0, 0.05) is 17.3 Å². The Morgan fingerprint density at radius 2 is 1.67 bits per heavy atom. The molecule has 0 amide bonds. The Labute approximate surface area is 195 Å². The number of aliphatic hydroxyl groups is 3. The first kappa shape index (κ1) is 24.1. The van der Waals surface area contributed by atoms with Gasteiger partial charge in [0.1, 0.15) is 0 Å². The predicted molar refractivity (Wildman–Crippen MR) is 123 cm³/mol. The largest absolute Gasteiger partial charge is 0.447 e. The summed E-state index contributed by atoms with van der Waals surface area (Å²) in [4.78, 5) is 27.6. The molecule has 3 N–H and O–H groups in total. The molecule has 2 fully saturated rings. The SMILES string of the molecule is C[C@@H]1C[C@]2(OC(=O)c3ccccc3)C(=O)[C@@]3(C)/C=C/C(C)(C)[C@@H](O)CC[C@@]3(C)[C@H](O)[C@H]2[C@H]1O. The van der Waals surface area contributed by atoms with Crippen molar-refractivity contribution in [2.75, 3.05) is 0 Å². The second-order valence-corrected chi connectivity index (χ2v) is 11.4. The Bertz CT molecular complexity index is 970. The van der Waals surface area contributed by atoms with Crippen molar-refractivity contribution in [3.05, 3.63) is 48.0 Å². The Hall–Kier alpha value is -2.02. The highest BCUT2D eigenvalue weighted by molar-refractivity contribution is 6.00. The van der Waals surface area contributed by atoms with E-state index in [2.05, 4.69) is 0 Å². The number of carbonyl (C=O) groups is 2. The Morgan fingerprint density at radius 3 is 2.30 bits per heavy atom. The molecular formula is C27H36O6. The number of ketones is 1. The molecule has 0 saturated heterocycles. The zero-order valence-electron chi connectivity index (χ0n) is 20.1. The van der Waals surface area contributed by atoms with Gasteiger partial charge in [0.15, 0.2) is 11.4 Å². The lowest BCUT2D eigenvalue weighted by molar-refractivity contribution is -0.207. The molecule has 1 aromatic rings. The van der Waals surface area contributed by atoms with Gasteiger partial charge in [-0.1, -0.05) is 58.0 Å². The molecule has 0 bridgehead atoms. The van der Waals surface area contributed by atoms with Gasteiger partial charge in [-0.25, -0.2) is 4.79 Å². The van der Waals surface area contributed by atoms with Crippen LogP contribution in [0.1, 0.15) is 64.2 Å². The number of hydrogen-bond donors (Lipinski definition) is 3. The number of benzene rings is 1. The monoisotopic (exact) mass is 456 g/mol. The fourth-order valence-corrected chi connectivity index (χ4v) is 6.38. The number of fused-ring (bicyclic) bond motifs is 2. The Balaban J connectivity index is 1.86. The first-order valence-corrected chi connectivity index (χ1v) is 11.9. The second-order valence-electron chi connectivity index (χ2n) is 11.4. The highest BCUT2D eigenvalue weighted by Crippen LogP contribution is 2.63. The molecule has 4 rings (SSSR count). The van der Waals surface area contributed by atoms with E-state index in [1.807, 2.05) is 33.8 Å². The molecule has 0 unspecified atom stereocenters. The maximum atomic E-state index is 14.4. The number of hydrogen-bond acceptors (Lipinski definition) is 6. The third-order valence-electron chi connectivity index (χ3n) is 9.08. The van der Waals surface area contributed by atoms with E-state index in [1.165, 1.54) is 0 Å². The minimum Gasteiger partial charge on any atom is -0.447 e. The molecule has 6 heteroatoms. The molecular weight excluding hydrogens is 420 g/mol. The first-order valence-electron chi connectivity index (χ1n) is 11.9. The van der Waals surface area contributed by atoms with Gasteiger partial charge in [0.25, 0.3) is 0 Å². The maximum absolute atomic E-state index is 14.4.